The van der Waals surface area contributed by atoms with E-state index >= 15 is 0 Å². The lowest BCUT2D eigenvalue weighted by molar-refractivity contribution is -0.113. The number of nitrogens with one attached hydrogen (secondary N) is 1. The number of amides is 1. The molecule has 0 bridgehead atoms. The number of rotatable bonds is 10. The summed E-state index contributed by atoms with van der Waals surface area (Å²) in [7, 11) is 0. The largest absolute Gasteiger partial charge is 0.302 e. The van der Waals surface area contributed by atoms with E-state index in [1.807, 2.05) is 36.5 Å². The van der Waals surface area contributed by atoms with Gasteiger partial charge in [0.15, 0.2) is 0 Å². The number of azo groups is 1. The second-order valence-corrected chi connectivity index (χ2v) is 10.3. The number of aryl methyl sites for hydroxylation is 2. The summed E-state index contributed by atoms with van der Waals surface area (Å²) in [5.41, 5.74) is 2.24. The highest BCUT2D eigenvalue weighted by atomic mass is 32.2. The average molecular weight is 504 g/mol. The van der Waals surface area contributed by atoms with Gasteiger partial charge in [-0.1, -0.05) is 66.8 Å². The molecule has 0 saturated heterocycles. The van der Waals surface area contributed by atoms with Crippen LogP contribution in [0.3, 0.4) is 0 Å². The number of carbonyl (C=O) groups excluding carboxylic acids is 1. The molecular weight excluding hydrogens is 478 g/mol. The van der Waals surface area contributed by atoms with E-state index in [4.69, 9.17) is 0 Å². The monoisotopic (exact) mass is 503 g/mol. The Morgan fingerprint density at radius 2 is 1.91 bits per heavy atom. The van der Waals surface area contributed by atoms with Gasteiger partial charge < -0.3 is 4.57 Å². The van der Waals surface area contributed by atoms with Crippen molar-refractivity contribution in [1.29, 1.82) is 0 Å². The SMILES string of the molecule is CCCc1nnc(NC(=O)CSc2cn(C3(CCc4ccccc4)N=CN=N3)c3ccccc23)s1. The zero-order valence-corrected chi connectivity index (χ0v) is 20.9. The van der Waals surface area contributed by atoms with E-state index in [-0.39, 0.29) is 11.7 Å². The number of hydrogen-bond acceptors (Lipinski definition) is 8. The van der Waals surface area contributed by atoms with Crippen molar-refractivity contribution < 1.29 is 4.79 Å². The van der Waals surface area contributed by atoms with Gasteiger partial charge in [-0.3, -0.25) is 10.1 Å². The molecule has 2 aromatic carbocycles. The highest BCUT2D eigenvalue weighted by Crippen LogP contribution is 2.38. The average Bonchev–Trinajstić information content (AvgIpc) is 3.62. The van der Waals surface area contributed by atoms with Gasteiger partial charge >= 0.3 is 0 Å². The Labute approximate surface area is 211 Å². The molecule has 3 heterocycles. The minimum Gasteiger partial charge on any atom is -0.302 e. The molecule has 1 atom stereocenters. The third-order valence-electron chi connectivity index (χ3n) is 5.72. The molecule has 178 valence electrons. The molecule has 1 aliphatic rings. The number of fused-ring (bicyclic) bond motifs is 1. The summed E-state index contributed by atoms with van der Waals surface area (Å²) >= 11 is 2.91. The van der Waals surface area contributed by atoms with Crippen LogP contribution in [-0.4, -0.2) is 32.8 Å². The molecule has 1 N–H and O–H groups in total. The Balaban J connectivity index is 1.35. The molecule has 1 unspecified atom stereocenters. The van der Waals surface area contributed by atoms with Crippen molar-refractivity contribution in [2.24, 2.45) is 15.2 Å². The van der Waals surface area contributed by atoms with E-state index in [0.29, 0.717) is 11.6 Å². The molecule has 1 amide bonds. The van der Waals surface area contributed by atoms with Crippen LogP contribution in [0, 0.1) is 0 Å². The zero-order chi connectivity index (χ0) is 24.1. The molecule has 10 heteroatoms. The molecule has 0 aliphatic carbocycles. The van der Waals surface area contributed by atoms with Crippen molar-refractivity contribution in [3.63, 3.8) is 0 Å². The van der Waals surface area contributed by atoms with Crippen LogP contribution in [0.5, 0.6) is 0 Å². The van der Waals surface area contributed by atoms with Crippen molar-refractivity contribution in [3.8, 4) is 0 Å². The minimum atomic E-state index is -0.835. The Kier molecular flexibility index (Phi) is 7.01. The number of anilines is 1. The van der Waals surface area contributed by atoms with Gasteiger partial charge in [-0.2, -0.15) is 0 Å². The van der Waals surface area contributed by atoms with Gasteiger partial charge in [-0.25, -0.2) is 4.99 Å². The first-order valence-electron chi connectivity index (χ1n) is 11.5. The highest BCUT2D eigenvalue weighted by Gasteiger charge is 2.35. The third kappa shape index (κ3) is 5.18. The van der Waals surface area contributed by atoms with Gasteiger partial charge in [0.25, 0.3) is 5.79 Å². The van der Waals surface area contributed by atoms with Crippen molar-refractivity contribution in [1.82, 2.24) is 14.8 Å². The Morgan fingerprint density at radius 3 is 2.71 bits per heavy atom. The Morgan fingerprint density at radius 1 is 1.09 bits per heavy atom. The molecule has 35 heavy (non-hydrogen) atoms. The molecule has 4 aromatic rings. The smallest absolute Gasteiger partial charge is 0.252 e. The zero-order valence-electron chi connectivity index (χ0n) is 19.3. The minimum absolute atomic E-state index is 0.108. The number of carbonyl (C=O) groups is 1. The summed E-state index contributed by atoms with van der Waals surface area (Å²) < 4.78 is 2.08. The van der Waals surface area contributed by atoms with E-state index < -0.39 is 5.79 Å². The van der Waals surface area contributed by atoms with Crippen LogP contribution >= 0.6 is 23.1 Å². The van der Waals surface area contributed by atoms with E-state index in [1.165, 1.54) is 35.0 Å². The lowest BCUT2D eigenvalue weighted by Gasteiger charge is -2.24. The fraction of sp³-hybridized carbons (Fsp3) is 0.280. The lowest BCUT2D eigenvalue weighted by atomic mass is 10.1. The lowest BCUT2D eigenvalue weighted by Crippen LogP contribution is -2.27. The first-order chi connectivity index (χ1) is 17.2. The second kappa shape index (κ2) is 10.5. The first-order valence-corrected chi connectivity index (χ1v) is 13.3. The fourth-order valence-corrected chi connectivity index (χ4v) is 5.77. The summed E-state index contributed by atoms with van der Waals surface area (Å²) in [5.74, 6) is -0.680. The van der Waals surface area contributed by atoms with Crippen molar-refractivity contribution in [2.45, 2.75) is 43.3 Å². The summed E-state index contributed by atoms with van der Waals surface area (Å²) in [5, 5.41) is 22.3. The molecule has 0 fully saturated rings. The quantitative estimate of drug-likeness (QED) is 0.272. The summed E-state index contributed by atoms with van der Waals surface area (Å²) in [6, 6.07) is 18.4. The number of thioether (sulfide) groups is 1. The predicted molar refractivity (Wildman–Crippen MR) is 141 cm³/mol. The molecule has 2 aromatic heterocycles. The molecule has 0 spiro atoms. The highest BCUT2D eigenvalue weighted by molar-refractivity contribution is 8.00. The van der Waals surface area contributed by atoms with Crippen LogP contribution < -0.4 is 5.32 Å². The van der Waals surface area contributed by atoms with Crippen LogP contribution in [0.4, 0.5) is 5.13 Å². The molecule has 1 aliphatic heterocycles. The van der Waals surface area contributed by atoms with Gasteiger partial charge in [-0.05, 0) is 24.5 Å². The van der Waals surface area contributed by atoms with Crippen LogP contribution in [0.1, 0.15) is 30.3 Å². The summed E-state index contributed by atoms with van der Waals surface area (Å²) in [4.78, 5) is 18.3. The summed E-state index contributed by atoms with van der Waals surface area (Å²) in [6.45, 7) is 2.09. The van der Waals surface area contributed by atoms with E-state index in [0.717, 1.165) is 40.1 Å². The van der Waals surface area contributed by atoms with Crippen LogP contribution in [0.2, 0.25) is 0 Å². The summed E-state index contributed by atoms with van der Waals surface area (Å²) in [6.07, 6.45) is 6.93. The molecule has 0 radical (unpaired) electrons. The molecule has 8 nitrogen and oxygen atoms in total. The third-order valence-corrected chi connectivity index (χ3v) is 7.66. The molecular formula is C25H25N7OS2. The predicted octanol–water partition coefficient (Wildman–Crippen LogP) is 5.91. The maximum absolute atomic E-state index is 12.6. The number of hydrogen-bond donors (Lipinski definition) is 1. The van der Waals surface area contributed by atoms with E-state index in [1.54, 1.807) is 0 Å². The van der Waals surface area contributed by atoms with Gasteiger partial charge in [-0.15, -0.1) is 32.2 Å². The number of aliphatic imine (C=N–C) groups is 1. The molecule has 5 rings (SSSR count). The van der Waals surface area contributed by atoms with Gasteiger partial charge in [0.2, 0.25) is 11.0 Å². The topological polar surface area (TPSA) is 96.9 Å². The first kappa shape index (κ1) is 23.4. The van der Waals surface area contributed by atoms with E-state index in [9.17, 15) is 4.79 Å². The van der Waals surface area contributed by atoms with Gasteiger partial charge in [0.05, 0.1) is 11.3 Å². The molecule has 0 saturated carbocycles. The van der Waals surface area contributed by atoms with Gasteiger partial charge in [0.1, 0.15) is 11.3 Å². The Bertz CT molecular complexity index is 1360. The van der Waals surface area contributed by atoms with Crippen LogP contribution in [-0.2, 0) is 23.4 Å². The van der Waals surface area contributed by atoms with E-state index in [2.05, 4.69) is 66.5 Å². The fourth-order valence-electron chi connectivity index (χ4n) is 4.04. The number of aromatic nitrogens is 3. The van der Waals surface area contributed by atoms with Crippen molar-refractivity contribution >= 4 is 51.4 Å². The van der Waals surface area contributed by atoms with Gasteiger partial charge in [0, 0.05) is 29.3 Å². The Hall–Kier alpha value is -3.37. The van der Waals surface area contributed by atoms with Crippen molar-refractivity contribution in [2.75, 3.05) is 11.1 Å². The second-order valence-electron chi connectivity index (χ2n) is 8.19. The normalized spacial score (nSPS) is 16.8. The standard InChI is InChI=1S/C25H25N7OS2/c1-2-8-23-29-30-24(35-23)28-22(33)16-34-21-15-32(20-12-7-6-11-19(20)21)25(26-17-27-31-25)14-13-18-9-4-3-5-10-18/h3-7,9-12,15,17H,2,8,13-14,16H2,1H3,(H,28,30,33). The van der Waals surface area contributed by atoms with Crippen molar-refractivity contribution in [3.05, 3.63) is 71.4 Å². The maximum atomic E-state index is 12.6. The number of para-hydroxylation sites is 1. The number of benzene rings is 2. The number of nitrogens with zero attached hydrogens (tertiary/aromatic N) is 6. The van der Waals surface area contributed by atoms with Crippen LogP contribution in [0.15, 0.2) is 80.9 Å². The van der Waals surface area contributed by atoms with Crippen LogP contribution in [0.25, 0.3) is 10.9 Å². The maximum Gasteiger partial charge on any atom is 0.252 e.